The molecular weight excluding hydrogens is 197 g/mol. The van der Waals surface area contributed by atoms with Gasteiger partial charge in [-0.15, -0.1) is 0 Å². The third kappa shape index (κ3) is 3.02. The minimum Gasteiger partial charge on any atom is -0.357 e. The largest absolute Gasteiger partial charge is 0.357 e. The van der Waals surface area contributed by atoms with Gasteiger partial charge in [-0.2, -0.15) is 4.98 Å². The first kappa shape index (κ1) is 11.6. The molecule has 0 aliphatic carbocycles. The number of nitrogens with zero attached hydrogens (tertiary/aromatic N) is 3. The summed E-state index contributed by atoms with van der Waals surface area (Å²) in [6.07, 6.45) is 3.16. The SMILES string of the molecule is CCCCN(C)c1nc(NN)ncc1F. The van der Waals surface area contributed by atoms with Crippen LogP contribution in [0.4, 0.5) is 16.2 Å². The number of aromatic nitrogens is 2. The predicted molar refractivity (Wildman–Crippen MR) is 58.0 cm³/mol. The van der Waals surface area contributed by atoms with Crippen LogP contribution in [0.15, 0.2) is 6.20 Å². The molecule has 0 aliphatic heterocycles. The number of hydrogen-bond donors (Lipinski definition) is 2. The van der Waals surface area contributed by atoms with Gasteiger partial charge in [0.05, 0.1) is 6.20 Å². The minimum absolute atomic E-state index is 0.217. The fourth-order valence-corrected chi connectivity index (χ4v) is 1.20. The number of anilines is 2. The van der Waals surface area contributed by atoms with E-state index in [0.29, 0.717) is 0 Å². The summed E-state index contributed by atoms with van der Waals surface area (Å²) < 4.78 is 13.3. The molecule has 5 nitrogen and oxygen atoms in total. The molecule has 0 atom stereocenters. The smallest absolute Gasteiger partial charge is 0.239 e. The van der Waals surface area contributed by atoms with Crippen molar-refractivity contribution in [3.05, 3.63) is 12.0 Å². The number of rotatable bonds is 5. The molecule has 1 aromatic heterocycles. The summed E-state index contributed by atoms with van der Waals surface area (Å²) in [6, 6.07) is 0. The molecule has 3 N–H and O–H groups in total. The maximum Gasteiger partial charge on any atom is 0.239 e. The van der Waals surface area contributed by atoms with Gasteiger partial charge in [0.1, 0.15) is 0 Å². The highest BCUT2D eigenvalue weighted by atomic mass is 19.1. The van der Waals surface area contributed by atoms with Gasteiger partial charge in [-0.1, -0.05) is 13.3 Å². The van der Waals surface area contributed by atoms with E-state index in [1.807, 2.05) is 0 Å². The zero-order chi connectivity index (χ0) is 11.3. The monoisotopic (exact) mass is 213 g/mol. The van der Waals surface area contributed by atoms with Crippen molar-refractivity contribution in [2.75, 3.05) is 23.9 Å². The fraction of sp³-hybridized carbons (Fsp3) is 0.556. The van der Waals surface area contributed by atoms with Gasteiger partial charge in [-0.3, -0.25) is 5.43 Å². The third-order valence-corrected chi connectivity index (χ3v) is 2.06. The van der Waals surface area contributed by atoms with Crippen molar-refractivity contribution < 1.29 is 4.39 Å². The van der Waals surface area contributed by atoms with E-state index in [1.165, 1.54) is 0 Å². The van der Waals surface area contributed by atoms with Crippen LogP contribution in [0, 0.1) is 5.82 Å². The van der Waals surface area contributed by atoms with Gasteiger partial charge in [-0.05, 0) is 6.42 Å². The van der Waals surface area contributed by atoms with E-state index in [9.17, 15) is 4.39 Å². The van der Waals surface area contributed by atoms with Gasteiger partial charge < -0.3 is 4.90 Å². The average molecular weight is 213 g/mol. The second-order valence-electron chi connectivity index (χ2n) is 3.28. The first-order valence-corrected chi connectivity index (χ1v) is 4.89. The van der Waals surface area contributed by atoms with Crippen molar-refractivity contribution in [2.24, 2.45) is 5.84 Å². The summed E-state index contributed by atoms with van der Waals surface area (Å²) in [4.78, 5) is 9.37. The van der Waals surface area contributed by atoms with Crippen molar-refractivity contribution in [1.82, 2.24) is 9.97 Å². The number of nitrogen functional groups attached to an aromatic ring is 1. The van der Waals surface area contributed by atoms with Crippen LogP contribution in [0.3, 0.4) is 0 Å². The second kappa shape index (κ2) is 5.45. The average Bonchev–Trinajstić information content (AvgIpc) is 2.26. The first-order chi connectivity index (χ1) is 7.19. The van der Waals surface area contributed by atoms with Gasteiger partial charge in [0.25, 0.3) is 0 Å². The highest BCUT2D eigenvalue weighted by Gasteiger charge is 2.10. The Labute approximate surface area is 88.5 Å². The van der Waals surface area contributed by atoms with Crippen molar-refractivity contribution in [2.45, 2.75) is 19.8 Å². The molecule has 15 heavy (non-hydrogen) atoms. The van der Waals surface area contributed by atoms with Crippen LogP contribution in [0.2, 0.25) is 0 Å². The number of halogens is 1. The van der Waals surface area contributed by atoms with Crippen LogP contribution in [-0.2, 0) is 0 Å². The van der Waals surface area contributed by atoms with E-state index in [1.54, 1.807) is 11.9 Å². The Hall–Kier alpha value is -1.43. The summed E-state index contributed by atoms with van der Waals surface area (Å²) in [7, 11) is 1.79. The lowest BCUT2D eigenvalue weighted by molar-refractivity contribution is 0.605. The topological polar surface area (TPSA) is 67.1 Å². The lowest BCUT2D eigenvalue weighted by Crippen LogP contribution is -2.22. The Bertz CT molecular complexity index is 317. The van der Waals surface area contributed by atoms with Gasteiger partial charge in [0.2, 0.25) is 5.95 Å². The summed E-state index contributed by atoms with van der Waals surface area (Å²) in [5.74, 6) is 5.20. The molecule has 0 aromatic carbocycles. The van der Waals surface area contributed by atoms with Crippen molar-refractivity contribution in [3.8, 4) is 0 Å². The minimum atomic E-state index is -0.437. The molecule has 0 saturated heterocycles. The number of hydrazine groups is 1. The van der Waals surface area contributed by atoms with Crippen molar-refractivity contribution >= 4 is 11.8 Å². The Morgan fingerprint density at radius 3 is 2.93 bits per heavy atom. The summed E-state index contributed by atoms with van der Waals surface area (Å²) in [5.41, 5.74) is 2.29. The number of unbranched alkanes of at least 4 members (excludes halogenated alkanes) is 1. The molecule has 0 saturated carbocycles. The standard InChI is InChI=1S/C9H16FN5/c1-3-4-5-15(2)8-7(10)6-12-9(13-8)14-11/h6H,3-5,11H2,1-2H3,(H,12,13,14). The normalized spacial score (nSPS) is 10.1. The molecule has 0 bridgehead atoms. The molecular formula is C9H16FN5. The Morgan fingerprint density at radius 2 is 2.33 bits per heavy atom. The molecule has 1 heterocycles. The van der Waals surface area contributed by atoms with Crippen LogP contribution in [-0.4, -0.2) is 23.6 Å². The quantitative estimate of drug-likeness (QED) is 0.567. The fourth-order valence-electron chi connectivity index (χ4n) is 1.20. The van der Waals surface area contributed by atoms with Gasteiger partial charge in [-0.25, -0.2) is 15.2 Å². The zero-order valence-corrected chi connectivity index (χ0v) is 9.00. The highest BCUT2D eigenvalue weighted by Crippen LogP contribution is 2.15. The Kier molecular flexibility index (Phi) is 4.23. The molecule has 0 radical (unpaired) electrons. The van der Waals surface area contributed by atoms with E-state index in [0.717, 1.165) is 25.6 Å². The molecule has 0 aliphatic rings. The molecule has 0 fully saturated rings. The van der Waals surface area contributed by atoms with E-state index in [-0.39, 0.29) is 11.8 Å². The maximum atomic E-state index is 13.3. The molecule has 84 valence electrons. The van der Waals surface area contributed by atoms with Crippen molar-refractivity contribution in [1.29, 1.82) is 0 Å². The number of hydrogen-bond acceptors (Lipinski definition) is 5. The third-order valence-electron chi connectivity index (χ3n) is 2.06. The molecule has 1 aromatic rings. The highest BCUT2D eigenvalue weighted by molar-refractivity contribution is 5.42. The van der Waals surface area contributed by atoms with E-state index >= 15 is 0 Å². The zero-order valence-electron chi connectivity index (χ0n) is 9.00. The van der Waals surface area contributed by atoms with Crippen LogP contribution < -0.4 is 16.2 Å². The van der Waals surface area contributed by atoms with E-state index in [4.69, 9.17) is 5.84 Å². The molecule has 0 spiro atoms. The van der Waals surface area contributed by atoms with E-state index in [2.05, 4.69) is 22.3 Å². The predicted octanol–water partition coefficient (Wildman–Crippen LogP) is 1.14. The van der Waals surface area contributed by atoms with E-state index < -0.39 is 5.82 Å². The maximum absolute atomic E-state index is 13.3. The molecule has 1 rings (SSSR count). The van der Waals surface area contributed by atoms with Crippen LogP contribution in [0.1, 0.15) is 19.8 Å². The first-order valence-electron chi connectivity index (χ1n) is 4.89. The number of nitrogens with two attached hydrogens (primary N) is 1. The Morgan fingerprint density at radius 1 is 1.60 bits per heavy atom. The lowest BCUT2D eigenvalue weighted by atomic mass is 10.3. The summed E-state index contributed by atoms with van der Waals surface area (Å²) in [5, 5.41) is 0. The summed E-state index contributed by atoms with van der Waals surface area (Å²) >= 11 is 0. The lowest BCUT2D eigenvalue weighted by Gasteiger charge is -2.18. The van der Waals surface area contributed by atoms with Crippen molar-refractivity contribution in [3.63, 3.8) is 0 Å². The Balaban J connectivity index is 2.81. The van der Waals surface area contributed by atoms with Crippen LogP contribution in [0.25, 0.3) is 0 Å². The molecule has 6 heteroatoms. The summed E-state index contributed by atoms with van der Waals surface area (Å²) in [6.45, 7) is 2.84. The second-order valence-corrected chi connectivity index (χ2v) is 3.28. The van der Waals surface area contributed by atoms with Crippen LogP contribution >= 0.6 is 0 Å². The van der Waals surface area contributed by atoms with Crippen LogP contribution in [0.5, 0.6) is 0 Å². The van der Waals surface area contributed by atoms with Gasteiger partial charge in [0.15, 0.2) is 11.6 Å². The molecule has 0 amide bonds. The van der Waals surface area contributed by atoms with Gasteiger partial charge >= 0.3 is 0 Å². The number of nitrogens with one attached hydrogen (secondary N) is 1. The molecule has 0 unspecified atom stereocenters. The van der Waals surface area contributed by atoms with Gasteiger partial charge in [0, 0.05) is 13.6 Å².